The van der Waals surface area contributed by atoms with Crippen LogP contribution in [-0.4, -0.2) is 31.7 Å². The summed E-state index contributed by atoms with van der Waals surface area (Å²) in [5.74, 6) is 1.76. The summed E-state index contributed by atoms with van der Waals surface area (Å²) in [5, 5.41) is 0. The van der Waals surface area contributed by atoms with Crippen molar-refractivity contribution in [2.75, 3.05) is 21.3 Å². The molecule has 23 heavy (non-hydrogen) atoms. The van der Waals surface area contributed by atoms with Crippen molar-refractivity contribution in [2.24, 2.45) is 0 Å². The minimum absolute atomic E-state index is 0.0648. The Kier molecular flexibility index (Phi) is 4.10. The highest BCUT2D eigenvalue weighted by atomic mass is 16.5. The first-order valence-electron chi connectivity index (χ1n) is 7.38. The van der Waals surface area contributed by atoms with Crippen molar-refractivity contribution in [2.45, 2.75) is 13.0 Å². The summed E-state index contributed by atoms with van der Waals surface area (Å²) in [6.45, 7) is 0.810. The van der Waals surface area contributed by atoms with Gasteiger partial charge in [0.05, 0.1) is 27.0 Å². The van der Waals surface area contributed by atoms with Crippen molar-refractivity contribution >= 4 is 11.9 Å². The summed E-state index contributed by atoms with van der Waals surface area (Å²) < 4.78 is 18.0. The highest BCUT2D eigenvalue weighted by Gasteiger charge is 2.21. The molecule has 0 saturated heterocycles. The molecule has 1 aliphatic heterocycles. The largest absolute Gasteiger partial charge is 0.493 e. The van der Waals surface area contributed by atoms with Gasteiger partial charge < -0.3 is 18.8 Å². The second kappa shape index (κ2) is 6.20. The Morgan fingerprint density at radius 1 is 1.09 bits per heavy atom. The molecular formula is C18H19NO4. The van der Waals surface area contributed by atoms with Crippen LogP contribution in [0.1, 0.15) is 22.5 Å². The lowest BCUT2D eigenvalue weighted by molar-refractivity contribution is 0.101. The number of rotatable bonds is 4. The highest BCUT2D eigenvalue weighted by molar-refractivity contribution is 6.11. The predicted octanol–water partition coefficient (Wildman–Crippen LogP) is 3.18. The third kappa shape index (κ3) is 2.70. The number of nitrogens with zero attached hydrogens (tertiary/aromatic N) is 1. The van der Waals surface area contributed by atoms with E-state index in [1.807, 2.05) is 41.1 Å². The van der Waals surface area contributed by atoms with Crippen LogP contribution in [0.15, 0.2) is 36.0 Å². The van der Waals surface area contributed by atoms with Crippen LogP contribution in [0, 0.1) is 0 Å². The van der Waals surface area contributed by atoms with Crippen LogP contribution in [0.4, 0.5) is 0 Å². The Balaban J connectivity index is 2.01. The molecule has 3 rings (SSSR count). The van der Waals surface area contributed by atoms with Crippen molar-refractivity contribution in [1.29, 1.82) is 0 Å². The molecule has 0 atom stereocenters. The normalized spacial score (nSPS) is 15.4. The third-order valence-electron chi connectivity index (χ3n) is 4.00. The fraction of sp³-hybridized carbons (Fsp3) is 0.278. The number of ether oxygens (including phenoxy) is 3. The fourth-order valence-corrected chi connectivity index (χ4v) is 2.86. The van der Waals surface area contributed by atoms with Gasteiger partial charge in [-0.25, -0.2) is 0 Å². The van der Waals surface area contributed by atoms with Crippen LogP contribution in [-0.2, 0) is 6.54 Å². The SMILES string of the molecule is COc1cc(/C=C2\CCn3cccc3C2=O)cc(OC)c1OC. The molecule has 0 saturated carbocycles. The number of benzene rings is 1. The number of ketones is 1. The summed E-state index contributed by atoms with van der Waals surface area (Å²) >= 11 is 0. The van der Waals surface area contributed by atoms with E-state index in [0.717, 1.165) is 23.4 Å². The van der Waals surface area contributed by atoms with Gasteiger partial charge in [-0.05, 0) is 42.3 Å². The van der Waals surface area contributed by atoms with Crippen molar-refractivity contribution in [3.05, 3.63) is 47.3 Å². The zero-order valence-electron chi connectivity index (χ0n) is 13.5. The van der Waals surface area contributed by atoms with E-state index >= 15 is 0 Å². The minimum atomic E-state index is 0.0648. The van der Waals surface area contributed by atoms with E-state index in [4.69, 9.17) is 14.2 Å². The summed E-state index contributed by atoms with van der Waals surface area (Å²) in [4.78, 5) is 12.5. The van der Waals surface area contributed by atoms with Crippen LogP contribution < -0.4 is 14.2 Å². The average molecular weight is 313 g/mol. The average Bonchev–Trinajstić information content (AvgIpc) is 3.05. The van der Waals surface area contributed by atoms with Gasteiger partial charge in [-0.3, -0.25) is 4.79 Å². The van der Waals surface area contributed by atoms with E-state index in [-0.39, 0.29) is 5.78 Å². The second-order valence-corrected chi connectivity index (χ2v) is 5.29. The predicted molar refractivity (Wildman–Crippen MR) is 87.5 cm³/mol. The second-order valence-electron chi connectivity index (χ2n) is 5.29. The Labute approximate surface area is 135 Å². The third-order valence-corrected chi connectivity index (χ3v) is 4.00. The van der Waals surface area contributed by atoms with Crippen LogP contribution in [0.3, 0.4) is 0 Å². The van der Waals surface area contributed by atoms with Gasteiger partial charge in [0.1, 0.15) is 0 Å². The van der Waals surface area contributed by atoms with E-state index in [2.05, 4.69) is 0 Å². The van der Waals surface area contributed by atoms with Crippen LogP contribution in [0.25, 0.3) is 6.08 Å². The number of Topliss-reactive ketones (excluding diaryl/α,β-unsaturated/α-hetero) is 1. The van der Waals surface area contributed by atoms with Gasteiger partial charge in [-0.15, -0.1) is 0 Å². The molecule has 0 radical (unpaired) electrons. The maximum absolute atomic E-state index is 12.5. The number of carbonyl (C=O) groups excluding carboxylic acids is 1. The molecule has 2 heterocycles. The van der Waals surface area contributed by atoms with E-state index < -0.39 is 0 Å². The summed E-state index contributed by atoms with van der Waals surface area (Å²) in [7, 11) is 4.72. The van der Waals surface area contributed by atoms with E-state index in [9.17, 15) is 4.79 Å². The molecule has 1 aromatic carbocycles. The zero-order chi connectivity index (χ0) is 16.4. The van der Waals surface area contributed by atoms with Crippen LogP contribution in [0.2, 0.25) is 0 Å². The first-order valence-corrected chi connectivity index (χ1v) is 7.38. The molecule has 0 amide bonds. The molecule has 5 heteroatoms. The van der Waals surface area contributed by atoms with Gasteiger partial charge in [0, 0.05) is 18.3 Å². The first-order chi connectivity index (χ1) is 11.2. The lowest BCUT2D eigenvalue weighted by Gasteiger charge is -2.18. The van der Waals surface area contributed by atoms with Crippen molar-refractivity contribution in [1.82, 2.24) is 4.57 Å². The number of hydrogen-bond acceptors (Lipinski definition) is 4. The first kappa shape index (κ1) is 15.2. The van der Waals surface area contributed by atoms with E-state index in [1.165, 1.54) is 0 Å². The summed E-state index contributed by atoms with van der Waals surface area (Å²) in [6.07, 6.45) is 4.53. The number of methoxy groups -OCH3 is 3. The highest BCUT2D eigenvalue weighted by Crippen LogP contribution is 2.39. The Morgan fingerprint density at radius 3 is 2.39 bits per heavy atom. The van der Waals surface area contributed by atoms with Crippen molar-refractivity contribution in [3.63, 3.8) is 0 Å². The fourth-order valence-electron chi connectivity index (χ4n) is 2.86. The Morgan fingerprint density at radius 2 is 1.78 bits per heavy atom. The Bertz CT molecular complexity index is 748. The smallest absolute Gasteiger partial charge is 0.205 e. The maximum Gasteiger partial charge on any atom is 0.205 e. The summed E-state index contributed by atoms with van der Waals surface area (Å²) in [5.41, 5.74) is 2.36. The standard InChI is InChI=1S/C18H19NO4/c1-21-15-10-12(11-16(22-2)18(15)23-3)9-13-6-8-19-7-4-5-14(19)17(13)20/h4-5,7,9-11H,6,8H2,1-3H3/b13-9+. The maximum atomic E-state index is 12.5. The number of carbonyl (C=O) groups is 1. The molecule has 1 aromatic heterocycles. The molecule has 2 aromatic rings. The topological polar surface area (TPSA) is 49.7 Å². The molecule has 0 aliphatic carbocycles. The molecular weight excluding hydrogens is 294 g/mol. The zero-order valence-corrected chi connectivity index (χ0v) is 13.5. The molecule has 120 valence electrons. The molecule has 1 aliphatic rings. The van der Waals surface area contributed by atoms with Gasteiger partial charge in [0.15, 0.2) is 11.5 Å². The number of fused-ring (bicyclic) bond motifs is 1. The number of aromatic nitrogens is 1. The van der Waals surface area contributed by atoms with Gasteiger partial charge in [-0.1, -0.05) is 0 Å². The van der Waals surface area contributed by atoms with E-state index in [0.29, 0.717) is 23.7 Å². The summed E-state index contributed by atoms with van der Waals surface area (Å²) in [6, 6.07) is 7.44. The lowest BCUT2D eigenvalue weighted by Crippen LogP contribution is -2.18. The monoisotopic (exact) mass is 313 g/mol. The molecule has 0 bridgehead atoms. The van der Waals surface area contributed by atoms with E-state index in [1.54, 1.807) is 21.3 Å². The molecule has 0 spiro atoms. The number of aryl methyl sites for hydroxylation is 1. The lowest BCUT2D eigenvalue weighted by atomic mass is 9.98. The molecule has 5 nitrogen and oxygen atoms in total. The van der Waals surface area contributed by atoms with Gasteiger partial charge in [0.25, 0.3) is 0 Å². The van der Waals surface area contributed by atoms with Crippen molar-refractivity contribution in [3.8, 4) is 17.2 Å². The van der Waals surface area contributed by atoms with Crippen LogP contribution in [0.5, 0.6) is 17.2 Å². The van der Waals surface area contributed by atoms with Crippen molar-refractivity contribution < 1.29 is 19.0 Å². The van der Waals surface area contributed by atoms with Gasteiger partial charge in [-0.2, -0.15) is 0 Å². The molecule has 0 unspecified atom stereocenters. The quantitative estimate of drug-likeness (QED) is 0.814. The van der Waals surface area contributed by atoms with Gasteiger partial charge in [0.2, 0.25) is 11.5 Å². The molecule has 0 N–H and O–H groups in total. The number of hydrogen-bond donors (Lipinski definition) is 0. The van der Waals surface area contributed by atoms with Gasteiger partial charge >= 0.3 is 0 Å². The Hall–Kier alpha value is -2.69. The number of allylic oxidation sites excluding steroid dienone is 1. The molecule has 0 fully saturated rings. The minimum Gasteiger partial charge on any atom is -0.493 e. The van der Waals surface area contributed by atoms with Crippen LogP contribution >= 0.6 is 0 Å².